The zero-order valence-electron chi connectivity index (χ0n) is 26.3. The first kappa shape index (κ1) is 33.1. The highest BCUT2D eigenvalue weighted by molar-refractivity contribution is 5.71. The topological polar surface area (TPSA) is 163 Å². The first-order valence-corrected chi connectivity index (χ1v) is 16.6. The lowest BCUT2D eigenvalue weighted by Crippen LogP contribution is -2.59. The van der Waals surface area contributed by atoms with E-state index in [1.807, 2.05) is 0 Å². The molecule has 5 aliphatic rings. The number of fused-ring (bicyclic) bond motifs is 5. The van der Waals surface area contributed by atoms with Crippen molar-refractivity contribution < 1.29 is 49.3 Å². The van der Waals surface area contributed by atoms with Gasteiger partial charge in [0.25, 0.3) is 0 Å². The van der Waals surface area contributed by atoms with Crippen molar-refractivity contribution in [2.45, 2.75) is 129 Å². The number of hydrogen-bond donors (Lipinski definition) is 5. The predicted octanol–water partition coefficient (Wildman–Crippen LogP) is 3.12. The molecule has 0 aromatic rings. The Labute approximate surface area is 255 Å². The molecule has 1 saturated heterocycles. The number of esters is 1. The molecule has 0 amide bonds. The first-order chi connectivity index (χ1) is 20.3. The Hall–Kier alpha value is -1.30. The van der Waals surface area contributed by atoms with E-state index in [-0.39, 0.29) is 47.9 Å². The molecule has 4 saturated carbocycles. The fraction of sp³-hybridized carbons (Fsp3) is 0.939. The van der Waals surface area contributed by atoms with E-state index in [9.17, 15) is 35.1 Å². The monoisotopic (exact) mass is 610 g/mol. The molecule has 0 aromatic heterocycles. The second-order valence-electron chi connectivity index (χ2n) is 15.2. The summed E-state index contributed by atoms with van der Waals surface area (Å²) >= 11 is 0. The van der Waals surface area contributed by atoms with Crippen LogP contribution in [-0.4, -0.2) is 87.5 Å². The molecule has 5 N–H and O–H groups in total. The third-order valence-corrected chi connectivity index (χ3v) is 13.1. The van der Waals surface area contributed by atoms with Crippen molar-refractivity contribution in [3.63, 3.8) is 0 Å². The minimum Gasteiger partial charge on any atom is -0.481 e. The van der Waals surface area contributed by atoms with Crippen LogP contribution in [0.5, 0.6) is 0 Å². The summed E-state index contributed by atoms with van der Waals surface area (Å²) < 4.78 is 17.5. The van der Waals surface area contributed by atoms with E-state index in [0.29, 0.717) is 42.9 Å². The van der Waals surface area contributed by atoms with Crippen molar-refractivity contribution >= 4 is 11.9 Å². The van der Waals surface area contributed by atoms with Crippen LogP contribution in [0.15, 0.2) is 0 Å². The fourth-order valence-electron chi connectivity index (χ4n) is 10.6. The van der Waals surface area contributed by atoms with Crippen LogP contribution in [0, 0.1) is 52.3 Å². The van der Waals surface area contributed by atoms with Gasteiger partial charge in [0.1, 0.15) is 18.8 Å². The largest absolute Gasteiger partial charge is 0.481 e. The van der Waals surface area contributed by atoms with Crippen LogP contribution < -0.4 is 0 Å². The number of rotatable bonds is 9. The average Bonchev–Trinajstić information content (AvgIpc) is 3.32. The minimum absolute atomic E-state index is 0.0454. The summed E-state index contributed by atoms with van der Waals surface area (Å²) in [7, 11) is 0. The number of ether oxygens (including phenoxy) is 3. The Morgan fingerprint density at radius 1 is 0.977 bits per heavy atom. The molecule has 5 rings (SSSR count). The van der Waals surface area contributed by atoms with Crippen LogP contribution in [-0.2, 0) is 23.8 Å². The Balaban J connectivity index is 1.33. The van der Waals surface area contributed by atoms with E-state index in [1.54, 1.807) is 6.92 Å². The first-order valence-electron chi connectivity index (χ1n) is 16.6. The summed E-state index contributed by atoms with van der Waals surface area (Å²) in [5.41, 5.74) is 0.119. The SMILES string of the molecule is CC1C(CO)OC(OCC(=O)O[C@H]2C[C@@H]3C[C@H](O)CC[C@]3(C)C3CC[C@@]4(C)C(CC[C@@H]4[C@H](C)CCC(=O)O)C32)C(O)C1O. The number of aliphatic hydroxyl groups is 4. The molecule has 0 bridgehead atoms. The van der Waals surface area contributed by atoms with Crippen LogP contribution in [0.4, 0.5) is 0 Å². The van der Waals surface area contributed by atoms with E-state index in [4.69, 9.17) is 14.2 Å². The standard InChI is InChI=1S/C33H54O10/c1-17(5-8-26(36)37)21-6-7-22-28-23(10-12-33(21,22)4)32(3)11-9-20(35)13-19(32)14-24(28)42-27(38)16-41-31-30(40)29(39)18(2)25(15-34)43-31/h17-25,28-31,34-35,39-40H,5-16H2,1-4H3,(H,36,37)/t17-,18?,19+,20-,21-,22?,23?,24+,25?,28?,29?,30?,31?,32+,33-/m1/s1. The van der Waals surface area contributed by atoms with Gasteiger partial charge in [-0.25, -0.2) is 4.79 Å². The molecule has 0 radical (unpaired) electrons. The van der Waals surface area contributed by atoms with Crippen molar-refractivity contribution in [1.82, 2.24) is 0 Å². The maximum absolute atomic E-state index is 13.3. The van der Waals surface area contributed by atoms with E-state index >= 15 is 0 Å². The maximum atomic E-state index is 13.3. The van der Waals surface area contributed by atoms with Gasteiger partial charge >= 0.3 is 11.9 Å². The molecule has 1 heterocycles. The van der Waals surface area contributed by atoms with Gasteiger partial charge in [0.15, 0.2) is 6.29 Å². The normalized spacial score (nSPS) is 48.5. The van der Waals surface area contributed by atoms with Gasteiger partial charge in [0.2, 0.25) is 0 Å². The van der Waals surface area contributed by atoms with Gasteiger partial charge in [-0.05, 0) is 98.2 Å². The summed E-state index contributed by atoms with van der Waals surface area (Å²) in [4.78, 5) is 24.6. The number of aliphatic hydroxyl groups excluding tert-OH is 4. The Morgan fingerprint density at radius 3 is 2.37 bits per heavy atom. The van der Waals surface area contributed by atoms with Crippen molar-refractivity contribution in [2.24, 2.45) is 52.3 Å². The molecule has 246 valence electrons. The zero-order chi connectivity index (χ0) is 31.3. The molecule has 4 aliphatic carbocycles. The molecule has 5 fully saturated rings. The van der Waals surface area contributed by atoms with Gasteiger partial charge in [-0.1, -0.05) is 27.7 Å². The number of carbonyl (C=O) groups excluding carboxylic acids is 1. The van der Waals surface area contributed by atoms with E-state index in [1.165, 1.54) is 0 Å². The van der Waals surface area contributed by atoms with Crippen molar-refractivity contribution in [3.8, 4) is 0 Å². The van der Waals surface area contributed by atoms with Crippen molar-refractivity contribution in [1.29, 1.82) is 0 Å². The second-order valence-corrected chi connectivity index (χ2v) is 15.2. The van der Waals surface area contributed by atoms with Crippen LogP contribution in [0.1, 0.15) is 91.9 Å². The van der Waals surface area contributed by atoms with E-state index < -0.39 is 49.1 Å². The Kier molecular flexibility index (Phi) is 9.87. The summed E-state index contributed by atoms with van der Waals surface area (Å²) in [6, 6.07) is 0. The second kappa shape index (κ2) is 12.8. The average molecular weight is 611 g/mol. The maximum Gasteiger partial charge on any atom is 0.332 e. The Bertz CT molecular complexity index is 1000. The molecule has 15 atom stereocenters. The molecule has 0 aromatic carbocycles. The molecule has 10 heteroatoms. The number of hydrogen-bond acceptors (Lipinski definition) is 9. The highest BCUT2D eigenvalue weighted by atomic mass is 16.7. The predicted molar refractivity (Wildman–Crippen MR) is 155 cm³/mol. The van der Waals surface area contributed by atoms with Gasteiger partial charge in [-0.2, -0.15) is 0 Å². The lowest BCUT2D eigenvalue weighted by Gasteiger charge is -2.62. The van der Waals surface area contributed by atoms with Gasteiger partial charge in [-0.3, -0.25) is 4.79 Å². The van der Waals surface area contributed by atoms with E-state index in [0.717, 1.165) is 38.5 Å². The van der Waals surface area contributed by atoms with Crippen LogP contribution >= 0.6 is 0 Å². The third kappa shape index (κ3) is 6.13. The lowest BCUT2D eigenvalue weighted by molar-refractivity contribution is -0.288. The highest BCUT2D eigenvalue weighted by Crippen LogP contribution is 2.68. The van der Waals surface area contributed by atoms with Crippen LogP contribution in [0.3, 0.4) is 0 Å². The minimum atomic E-state index is -1.35. The highest BCUT2D eigenvalue weighted by Gasteiger charge is 2.63. The van der Waals surface area contributed by atoms with Gasteiger partial charge < -0.3 is 39.7 Å². The van der Waals surface area contributed by atoms with Crippen LogP contribution in [0.2, 0.25) is 0 Å². The summed E-state index contributed by atoms with van der Waals surface area (Å²) in [6.07, 6.45) is 3.08. The molecule has 0 spiro atoms. The number of carboxylic acid groups (broad SMARTS) is 1. The molecule has 8 unspecified atom stereocenters. The molecule has 10 nitrogen and oxygen atoms in total. The fourth-order valence-corrected chi connectivity index (χ4v) is 10.6. The summed E-state index contributed by atoms with van der Waals surface area (Å²) in [5.74, 6) is 0.0831. The zero-order valence-corrected chi connectivity index (χ0v) is 26.3. The summed E-state index contributed by atoms with van der Waals surface area (Å²) in [5, 5.41) is 50.4. The van der Waals surface area contributed by atoms with Gasteiger partial charge in [0, 0.05) is 18.3 Å². The van der Waals surface area contributed by atoms with Gasteiger partial charge in [-0.15, -0.1) is 0 Å². The van der Waals surface area contributed by atoms with Crippen molar-refractivity contribution in [3.05, 3.63) is 0 Å². The van der Waals surface area contributed by atoms with Crippen molar-refractivity contribution in [2.75, 3.05) is 13.2 Å². The third-order valence-electron chi connectivity index (χ3n) is 13.1. The molecular formula is C33H54O10. The number of carbonyl (C=O) groups is 2. The molecule has 1 aliphatic heterocycles. The summed E-state index contributed by atoms with van der Waals surface area (Å²) in [6.45, 7) is 7.85. The smallest absolute Gasteiger partial charge is 0.332 e. The van der Waals surface area contributed by atoms with Gasteiger partial charge in [0.05, 0.1) is 24.9 Å². The molecular weight excluding hydrogens is 556 g/mol. The number of aliphatic carboxylic acids is 1. The lowest BCUT2D eigenvalue weighted by atomic mass is 9.43. The molecule has 43 heavy (non-hydrogen) atoms. The Morgan fingerprint density at radius 2 is 1.67 bits per heavy atom. The van der Waals surface area contributed by atoms with E-state index in [2.05, 4.69) is 20.8 Å². The quantitative estimate of drug-likeness (QED) is 0.245. The number of carboxylic acids is 1. The van der Waals surface area contributed by atoms with Crippen LogP contribution in [0.25, 0.3) is 0 Å².